The van der Waals surface area contributed by atoms with Gasteiger partial charge in [-0.2, -0.15) is 5.10 Å². The van der Waals surface area contributed by atoms with Crippen LogP contribution in [0.4, 0.5) is 0 Å². The highest BCUT2D eigenvalue weighted by Gasteiger charge is 2.01. The van der Waals surface area contributed by atoms with Crippen molar-refractivity contribution < 1.29 is 0 Å². The lowest BCUT2D eigenvalue weighted by atomic mass is 10.1. The van der Waals surface area contributed by atoms with Crippen LogP contribution in [0.5, 0.6) is 0 Å². The Morgan fingerprint density at radius 3 is 2.91 bits per heavy atom. The molecule has 1 unspecified atom stereocenters. The Bertz CT molecular complexity index is 217. The number of rotatable bonds is 3. The van der Waals surface area contributed by atoms with Crippen molar-refractivity contribution in [1.29, 1.82) is 0 Å². The summed E-state index contributed by atoms with van der Waals surface area (Å²) in [6.07, 6.45) is 5.84. The zero-order valence-electron chi connectivity index (χ0n) is 7.12. The van der Waals surface area contributed by atoms with E-state index in [2.05, 4.69) is 12.0 Å². The van der Waals surface area contributed by atoms with E-state index in [0.717, 1.165) is 12.8 Å². The summed E-state index contributed by atoms with van der Waals surface area (Å²) >= 11 is 0. The van der Waals surface area contributed by atoms with Crippen LogP contribution in [0.25, 0.3) is 0 Å². The topological polar surface area (TPSA) is 43.8 Å². The van der Waals surface area contributed by atoms with E-state index in [1.807, 2.05) is 19.4 Å². The molecule has 0 saturated heterocycles. The van der Waals surface area contributed by atoms with E-state index < -0.39 is 0 Å². The molecular weight excluding hydrogens is 138 g/mol. The molecule has 1 aromatic rings. The van der Waals surface area contributed by atoms with E-state index >= 15 is 0 Å². The largest absolute Gasteiger partial charge is 0.327 e. The van der Waals surface area contributed by atoms with Crippen LogP contribution >= 0.6 is 0 Å². The molecule has 0 amide bonds. The highest BCUT2D eigenvalue weighted by molar-refractivity contribution is 5.05. The van der Waals surface area contributed by atoms with Crippen LogP contribution in [0.15, 0.2) is 12.4 Å². The third kappa shape index (κ3) is 2.35. The molecular formula is C8H15N3. The van der Waals surface area contributed by atoms with Gasteiger partial charge in [0, 0.05) is 19.3 Å². The zero-order valence-corrected chi connectivity index (χ0v) is 7.12. The predicted molar refractivity (Wildman–Crippen MR) is 45.2 cm³/mol. The molecule has 1 rings (SSSR count). The number of nitrogens with zero attached hydrogens (tertiary/aromatic N) is 2. The van der Waals surface area contributed by atoms with Crippen molar-refractivity contribution in [3.05, 3.63) is 18.0 Å². The molecule has 0 radical (unpaired) electrons. The fourth-order valence-corrected chi connectivity index (χ4v) is 1.02. The second-order valence-electron chi connectivity index (χ2n) is 2.89. The van der Waals surface area contributed by atoms with Crippen LogP contribution < -0.4 is 5.73 Å². The molecule has 0 spiro atoms. The fourth-order valence-electron chi connectivity index (χ4n) is 1.02. The lowest BCUT2D eigenvalue weighted by molar-refractivity contribution is 0.646. The van der Waals surface area contributed by atoms with Crippen molar-refractivity contribution in [3.63, 3.8) is 0 Å². The summed E-state index contributed by atoms with van der Waals surface area (Å²) in [7, 11) is 1.92. The quantitative estimate of drug-likeness (QED) is 0.694. The standard InChI is InChI=1S/C8H15N3/c1-3-8(9)4-7-5-10-11(2)6-7/h5-6,8H,3-4,9H2,1-2H3. The number of nitrogens with two attached hydrogens (primary N) is 1. The van der Waals surface area contributed by atoms with Crippen molar-refractivity contribution in [2.75, 3.05) is 0 Å². The van der Waals surface area contributed by atoms with E-state index in [1.54, 1.807) is 4.68 Å². The summed E-state index contributed by atoms with van der Waals surface area (Å²) in [6, 6.07) is 0.277. The van der Waals surface area contributed by atoms with E-state index in [1.165, 1.54) is 5.56 Å². The lowest BCUT2D eigenvalue weighted by Crippen LogP contribution is -2.20. The SMILES string of the molecule is CCC(N)Cc1cnn(C)c1. The van der Waals surface area contributed by atoms with Crippen molar-refractivity contribution in [2.24, 2.45) is 12.8 Å². The second-order valence-corrected chi connectivity index (χ2v) is 2.89. The number of hydrogen-bond acceptors (Lipinski definition) is 2. The molecule has 0 saturated carbocycles. The van der Waals surface area contributed by atoms with Crippen molar-refractivity contribution >= 4 is 0 Å². The van der Waals surface area contributed by atoms with Crippen LogP contribution in [0.1, 0.15) is 18.9 Å². The van der Waals surface area contributed by atoms with Gasteiger partial charge < -0.3 is 5.73 Å². The first-order valence-electron chi connectivity index (χ1n) is 3.95. The van der Waals surface area contributed by atoms with E-state index in [9.17, 15) is 0 Å². The predicted octanol–water partition coefficient (Wildman–Crippen LogP) is 0.700. The Labute approximate surface area is 67.2 Å². The fraction of sp³-hybridized carbons (Fsp3) is 0.625. The molecule has 3 heteroatoms. The Hall–Kier alpha value is -0.830. The molecule has 0 aromatic carbocycles. The molecule has 1 atom stereocenters. The van der Waals surface area contributed by atoms with Gasteiger partial charge in [0.1, 0.15) is 0 Å². The number of aromatic nitrogens is 2. The van der Waals surface area contributed by atoms with Crippen LogP contribution in [0.3, 0.4) is 0 Å². The first-order chi connectivity index (χ1) is 5.22. The summed E-state index contributed by atoms with van der Waals surface area (Å²) in [4.78, 5) is 0. The average molecular weight is 153 g/mol. The summed E-state index contributed by atoms with van der Waals surface area (Å²) in [5, 5.41) is 4.07. The van der Waals surface area contributed by atoms with E-state index in [-0.39, 0.29) is 6.04 Å². The minimum Gasteiger partial charge on any atom is -0.327 e. The maximum Gasteiger partial charge on any atom is 0.0522 e. The summed E-state index contributed by atoms with van der Waals surface area (Å²) in [5.74, 6) is 0. The third-order valence-corrected chi connectivity index (χ3v) is 1.78. The normalized spacial score (nSPS) is 13.4. The molecule has 0 aliphatic heterocycles. The molecule has 62 valence electrons. The Morgan fingerprint density at radius 2 is 2.45 bits per heavy atom. The smallest absolute Gasteiger partial charge is 0.0522 e. The van der Waals surface area contributed by atoms with Crippen molar-refractivity contribution in [3.8, 4) is 0 Å². The second kappa shape index (κ2) is 3.53. The summed E-state index contributed by atoms with van der Waals surface area (Å²) in [6.45, 7) is 2.10. The Balaban J connectivity index is 2.50. The van der Waals surface area contributed by atoms with Gasteiger partial charge >= 0.3 is 0 Å². The van der Waals surface area contributed by atoms with Gasteiger partial charge in [-0.3, -0.25) is 4.68 Å². The van der Waals surface area contributed by atoms with Crippen LogP contribution in [-0.4, -0.2) is 15.8 Å². The molecule has 0 fully saturated rings. The summed E-state index contributed by atoms with van der Waals surface area (Å²) < 4.78 is 1.80. The van der Waals surface area contributed by atoms with Gasteiger partial charge in [0.2, 0.25) is 0 Å². The van der Waals surface area contributed by atoms with Crippen LogP contribution in [0, 0.1) is 0 Å². The average Bonchev–Trinajstić information content (AvgIpc) is 2.35. The van der Waals surface area contributed by atoms with Gasteiger partial charge in [-0.1, -0.05) is 6.92 Å². The molecule has 11 heavy (non-hydrogen) atoms. The van der Waals surface area contributed by atoms with Gasteiger partial charge in [-0.05, 0) is 18.4 Å². The van der Waals surface area contributed by atoms with Gasteiger partial charge in [0.25, 0.3) is 0 Å². The van der Waals surface area contributed by atoms with Crippen molar-refractivity contribution in [2.45, 2.75) is 25.8 Å². The number of aryl methyl sites for hydroxylation is 1. The maximum atomic E-state index is 5.78. The van der Waals surface area contributed by atoms with E-state index in [0.29, 0.717) is 0 Å². The van der Waals surface area contributed by atoms with Gasteiger partial charge in [-0.25, -0.2) is 0 Å². The first-order valence-corrected chi connectivity index (χ1v) is 3.95. The highest BCUT2D eigenvalue weighted by atomic mass is 15.2. The zero-order chi connectivity index (χ0) is 8.27. The molecule has 0 bridgehead atoms. The molecule has 1 heterocycles. The Morgan fingerprint density at radius 1 is 1.73 bits per heavy atom. The van der Waals surface area contributed by atoms with Gasteiger partial charge in [-0.15, -0.1) is 0 Å². The van der Waals surface area contributed by atoms with Gasteiger partial charge in [0.05, 0.1) is 6.20 Å². The molecule has 1 aromatic heterocycles. The summed E-state index contributed by atoms with van der Waals surface area (Å²) in [5.41, 5.74) is 7.00. The van der Waals surface area contributed by atoms with Crippen LogP contribution in [0.2, 0.25) is 0 Å². The molecule has 0 aliphatic carbocycles. The Kier molecular flexibility index (Phi) is 2.65. The number of hydrogen-bond donors (Lipinski definition) is 1. The van der Waals surface area contributed by atoms with Gasteiger partial charge in [0.15, 0.2) is 0 Å². The maximum absolute atomic E-state index is 5.78. The van der Waals surface area contributed by atoms with Crippen molar-refractivity contribution in [1.82, 2.24) is 9.78 Å². The lowest BCUT2D eigenvalue weighted by Gasteiger charge is -2.04. The molecule has 0 aliphatic rings. The minimum atomic E-state index is 0.277. The first kappa shape index (κ1) is 8.27. The van der Waals surface area contributed by atoms with Crippen LogP contribution in [-0.2, 0) is 13.5 Å². The van der Waals surface area contributed by atoms with E-state index in [4.69, 9.17) is 5.73 Å². The monoisotopic (exact) mass is 153 g/mol. The minimum absolute atomic E-state index is 0.277. The third-order valence-electron chi connectivity index (χ3n) is 1.78. The molecule has 3 nitrogen and oxygen atoms in total. The molecule has 2 N–H and O–H groups in total. The highest BCUT2D eigenvalue weighted by Crippen LogP contribution is 2.01.